The van der Waals surface area contributed by atoms with Gasteiger partial charge >= 0.3 is 12.3 Å². The molecule has 2 bridgehead atoms. The summed E-state index contributed by atoms with van der Waals surface area (Å²) in [6.45, 7) is 4.76. The van der Waals surface area contributed by atoms with E-state index in [0.717, 1.165) is 11.0 Å². The molecule has 0 spiro atoms. The summed E-state index contributed by atoms with van der Waals surface area (Å²) in [7, 11) is 0. The van der Waals surface area contributed by atoms with Crippen molar-refractivity contribution in [2.75, 3.05) is 36.5 Å². The van der Waals surface area contributed by atoms with Crippen molar-refractivity contribution < 1.29 is 42.1 Å². The normalized spacial score (nSPS) is 27.9. The average Bonchev–Trinajstić information content (AvgIpc) is 3.24. The summed E-state index contributed by atoms with van der Waals surface area (Å²) in [5, 5.41) is 20.1. The molecule has 0 radical (unpaired) electrons. The molecule has 3 aliphatic rings. The van der Waals surface area contributed by atoms with Crippen LogP contribution in [0, 0.1) is 23.2 Å². The summed E-state index contributed by atoms with van der Waals surface area (Å²) in [6, 6.07) is 10.7. The maximum Gasteiger partial charge on any atom is 0.417 e. The quantitative estimate of drug-likeness (QED) is 0.513. The topological polar surface area (TPSA) is 132 Å². The first-order valence-electron chi connectivity index (χ1n) is 12.4. The van der Waals surface area contributed by atoms with Gasteiger partial charge in [-0.3, -0.25) is 19.8 Å². The van der Waals surface area contributed by atoms with Crippen molar-refractivity contribution >= 4 is 29.3 Å². The van der Waals surface area contributed by atoms with Crippen LogP contribution in [0.25, 0.3) is 0 Å². The van der Waals surface area contributed by atoms with Gasteiger partial charge in [0, 0.05) is 25.3 Å². The summed E-state index contributed by atoms with van der Waals surface area (Å²) in [5.41, 5.74) is -3.77. The lowest BCUT2D eigenvalue weighted by atomic mass is 9.79. The molecule has 4 atom stereocenters. The van der Waals surface area contributed by atoms with Gasteiger partial charge in [0.05, 0.1) is 45.9 Å². The van der Waals surface area contributed by atoms with Crippen molar-refractivity contribution in [1.82, 2.24) is 4.90 Å². The Morgan fingerprint density at radius 3 is 2.25 bits per heavy atom. The Morgan fingerprint density at radius 2 is 1.73 bits per heavy atom. The highest BCUT2D eigenvalue weighted by molar-refractivity contribution is 6.23. The number of hydrogen-bond acceptors (Lipinski definition) is 7. The van der Waals surface area contributed by atoms with E-state index in [1.165, 1.54) is 12.1 Å². The number of nitrogens with one attached hydrogen (secondary N) is 1. The van der Waals surface area contributed by atoms with E-state index in [0.29, 0.717) is 37.1 Å². The summed E-state index contributed by atoms with van der Waals surface area (Å²) >= 11 is 0. The summed E-state index contributed by atoms with van der Waals surface area (Å²) in [6.07, 6.45) is -6.01. The number of nitrogens with zero attached hydrogens (tertiary/aromatic N) is 3. The number of hydrogen-bond donors (Lipinski definition) is 2. The third kappa shape index (κ3) is 4.63. The number of alkyl halides is 3. The van der Waals surface area contributed by atoms with Crippen molar-refractivity contribution in [3.05, 3.63) is 53.6 Å². The molecule has 5 rings (SSSR count). The van der Waals surface area contributed by atoms with E-state index in [1.54, 1.807) is 38.1 Å². The second-order valence-corrected chi connectivity index (χ2v) is 10.5. The highest BCUT2D eigenvalue weighted by Gasteiger charge is 2.71. The second-order valence-electron chi connectivity index (χ2n) is 10.5. The van der Waals surface area contributed by atoms with Gasteiger partial charge in [-0.15, -0.1) is 0 Å². The minimum atomic E-state index is -4.83. The van der Waals surface area contributed by atoms with Crippen molar-refractivity contribution in [2.24, 2.45) is 11.8 Å². The number of benzene rings is 2. The molecule has 40 heavy (non-hydrogen) atoms. The zero-order chi connectivity index (χ0) is 29.0. The van der Waals surface area contributed by atoms with Crippen LogP contribution in [0.15, 0.2) is 42.5 Å². The predicted octanol–water partition coefficient (Wildman–Crippen LogP) is 3.71. The van der Waals surface area contributed by atoms with Gasteiger partial charge in [0.1, 0.15) is 12.4 Å². The Hall–Kier alpha value is -4.15. The number of halogens is 3. The maximum absolute atomic E-state index is 13.6. The lowest BCUT2D eigenvalue weighted by Gasteiger charge is -2.45. The fourth-order valence-electron chi connectivity index (χ4n) is 6.23. The van der Waals surface area contributed by atoms with Gasteiger partial charge in [0.25, 0.3) is 0 Å². The number of morpholine rings is 1. The molecule has 3 aliphatic heterocycles. The Bertz CT molecular complexity index is 1390. The molecule has 3 fully saturated rings. The molecule has 13 heteroatoms. The Morgan fingerprint density at radius 1 is 1.12 bits per heavy atom. The molecule has 210 valence electrons. The first kappa shape index (κ1) is 27.4. The van der Waals surface area contributed by atoms with E-state index in [4.69, 9.17) is 19.8 Å². The van der Waals surface area contributed by atoms with Crippen LogP contribution in [0.3, 0.4) is 0 Å². The number of imide groups is 1. The second kappa shape index (κ2) is 9.50. The molecule has 2 N–H and O–H groups in total. The standard InChI is InChI=1S/C27H25F3N4O6/c1-25-13-33(9-10-39-18-7-4-16(5-8-18)32-24(37)38)14-26(2,40-25)21-20(25)22(35)34(23(21)36)17-6-3-15(12-31)19(11-17)27(28,29)30/h3-8,11,20-21,32H,9-10,13-14H2,1-2H3,(H,37,38). The molecule has 3 amide bonds. The number of rotatable bonds is 6. The van der Waals surface area contributed by atoms with Gasteiger partial charge in [0.2, 0.25) is 11.8 Å². The molecule has 4 unspecified atom stereocenters. The molecule has 2 aromatic rings. The number of nitriles is 1. The van der Waals surface area contributed by atoms with Crippen LogP contribution in [0.2, 0.25) is 0 Å². The van der Waals surface area contributed by atoms with E-state index in [9.17, 15) is 27.6 Å². The first-order chi connectivity index (χ1) is 18.8. The molecular formula is C27H25F3N4O6. The van der Waals surface area contributed by atoms with Crippen LogP contribution in [-0.4, -0.2) is 65.4 Å². The fourth-order valence-corrected chi connectivity index (χ4v) is 6.23. The van der Waals surface area contributed by atoms with Crippen LogP contribution < -0.4 is 15.0 Å². The third-order valence-electron chi connectivity index (χ3n) is 7.63. The van der Waals surface area contributed by atoms with Gasteiger partial charge in [0.15, 0.2) is 0 Å². The molecule has 0 aromatic heterocycles. The van der Waals surface area contributed by atoms with Gasteiger partial charge < -0.3 is 14.6 Å². The highest BCUT2D eigenvalue weighted by atomic mass is 19.4. The molecule has 0 saturated carbocycles. The Balaban J connectivity index is 1.31. The molecule has 3 heterocycles. The fraction of sp³-hybridized carbons (Fsp3) is 0.407. The molecule has 10 nitrogen and oxygen atoms in total. The predicted molar refractivity (Wildman–Crippen MR) is 134 cm³/mol. The minimum absolute atomic E-state index is 0.226. The van der Waals surface area contributed by atoms with Crippen molar-refractivity contribution in [3.8, 4) is 11.8 Å². The number of carbonyl (C=O) groups excluding carboxylic acids is 2. The third-order valence-corrected chi connectivity index (χ3v) is 7.63. The number of anilines is 2. The molecular weight excluding hydrogens is 533 g/mol. The smallest absolute Gasteiger partial charge is 0.417 e. The van der Waals surface area contributed by atoms with Crippen molar-refractivity contribution in [2.45, 2.75) is 31.2 Å². The van der Waals surface area contributed by atoms with Crippen LogP contribution in [0.5, 0.6) is 5.75 Å². The zero-order valence-corrected chi connectivity index (χ0v) is 21.5. The highest BCUT2D eigenvalue weighted by Crippen LogP contribution is 2.55. The molecule has 0 aliphatic carbocycles. The van der Waals surface area contributed by atoms with Gasteiger partial charge in [-0.25, -0.2) is 9.69 Å². The van der Waals surface area contributed by atoms with Gasteiger partial charge in [-0.1, -0.05) is 0 Å². The van der Waals surface area contributed by atoms with E-state index in [1.807, 2.05) is 4.90 Å². The molecule has 2 aromatic carbocycles. The van der Waals surface area contributed by atoms with Crippen LogP contribution >= 0.6 is 0 Å². The lowest BCUT2D eigenvalue weighted by molar-refractivity contribution is -0.169. The van der Waals surface area contributed by atoms with E-state index >= 15 is 0 Å². The minimum Gasteiger partial charge on any atom is -0.492 e. The van der Waals surface area contributed by atoms with Crippen molar-refractivity contribution in [3.63, 3.8) is 0 Å². The van der Waals surface area contributed by atoms with Crippen LogP contribution in [0.1, 0.15) is 25.0 Å². The lowest BCUT2D eigenvalue weighted by Crippen LogP contribution is -2.58. The number of likely N-dealkylation sites (tertiary alicyclic amines) is 1. The van der Waals surface area contributed by atoms with E-state index < -0.39 is 58.2 Å². The monoisotopic (exact) mass is 558 g/mol. The van der Waals surface area contributed by atoms with Crippen LogP contribution in [-0.2, 0) is 20.5 Å². The van der Waals surface area contributed by atoms with E-state index in [-0.39, 0.29) is 12.3 Å². The van der Waals surface area contributed by atoms with E-state index in [2.05, 4.69) is 5.32 Å². The summed E-state index contributed by atoms with van der Waals surface area (Å²) < 4.78 is 52.7. The average molecular weight is 559 g/mol. The first-order valence-corrected chi connectivity index (χ1v) is 12.4. The van der Waals surface area contributed by atoms with Crippen LogP contribution in [0.4, 0.5) is 29.3 Å². The van der Waals surface area contributed by atoms with Crippen molar-refractivity contribution in [1.29, 1.82) is 5.26 Å². The maximum atomic E-state index is 13.6. The van der Waals surface area contributed by atoms with Gasteiger partial charge in [-0.05, 0) is 56.3 Å². The number of carbonyl (C=O) groups is 3. The number of amides is 3. The number of fused-ring (bicyclic) bond motifs is 5. The largest absolute Gasteiger partial charge is 0.492 e. The zero-order valence-electron chi connectivity index (χ0n) is 21.5. The van der Waals surface area contributed by atoms with Gasteiger partial charge in [-0.2, -0.15) is 18.4 Å². The summed E-state index contributed by atoms with van der Waals surface area (Å²) in [5.74, 6) is -2.52. The molecule has 3 saturated heterocycles. The Labute approximate surface area is 226 Å². The SMILES string of the molecule is CC12CN(CCOc3ccc(NC(=O)O)cc3)CC(C)(O1)C1C(=O)N(c3ccc(C#N)c(C(F)(F)F)c3)C(=O)C12. The Kier molecular flexibility index (Phi) is 6.51. The number of ether oxygens (including phenoxy) is 2. The number of carboxylic acid groups (broad SMARTS) is 1. The summed E-state index contributed by atoms with van der Waals surface area (Å²) in [4.78, 5) is 40.7.